The first-order valence-corrected chi connectivity index (χ1v) is 5.19. The van der Waals surface area contributed by atoms with E-state index in [4.69, 9.17) is 0 Å². The lowest BCUT2D eigenvalue weighted by atomic mass is 10.4. The van der Waals surface area contributed by atoms with E-state index in [1.165, 1.54) is 12.8 Å². The molecule has 0 amide bonds. The molecule has 1 aromatic heterocycles. The van der Waals surface area contributed by atoms with Crippen LogP contribution in [0.25, 0.3) is 0 Å². The average Bonchev–Trinajstić information content (AvgIpc) is 3.03. The molecule has 3 nitrogen and oxygen atoms in total. The number of nitrogens with one attached hydrogen (secondary N) is 1. The van der Waals surface area contributed by atoms with Gasteiger partial charge in [-0.15, -0.1) is 0 Å². The maximum absolute atomic E-state index is 4.28. The number of nitrogens with zero attached hydrogens (tertiary/aromatic N) is 2. The van der Waals surface area contributed by atoms with Crippen LogP contribution in [0.1, 0.15) is 12.8 Å². The van der Waals surface area contributed by atoms with Crippen LogP contribution in [0.5, 0.6) is 0 Å². The lowest BCUT2D eigenvalue weighted by Crippen LogP contribution is -2.32. The molecule has 0 aromatic carbocycles. The number of aromatic nitrogens is 1. The quantitative estimate of drug-likeness (QED) is 0.714. The molecule has 1 aliphatic rings. The fourth-order valence-corrected chi connectivity index (χ4v) is 1.42. The van der Waals surface area contributed by atoms with Crippen LogP contribution in [-0.4, -0.2) is 25.2 Å². The minimum Gasteiger partial charge on any atom is -0.347 e. The maximum Gasteiger partial charge on any atom is 0.129 e. The van der Waals surface area contributed by atoms with Crippen LogP contribution in [0.3, 0.4) is 0 Å². The van der Waals surface area contributed by atoms with Gasteiger partial charge in [-0.2, -0.15) is 0 Å². The number of pyridine rings is 1. The second kappa shape index (κ2) is 4.42. The van der Waals surface area contributed by atoms with E-state index in [1.807, 2.05) is 24.4 Å². The summed E-state index contributed by atoms with van der Waals surface area (Å²) in [6.45, 7) is 2.03. The summed E-state index contributed by atoms with van der Waals surface area (Å²) in [7, 11) is 2.06. The van der Waals surface area contributed by atoms with Gasteiger partial charge in [0.05, 0.1) is 6.67 Å². The third-order valence-corrected chi connectivity index (χ3v) is 2.52. The summed E-state index contributed by atoms with van der Waals surface area (Å²) in [5.41, 5.74) is 0. The monoisotopic (exact) mass is 191 g/mol. The SMILES string of the molecule is CN(CNCC1CC1)c1ccccn1. The van der Waals surface area contributed by atoms with Crippen molar-refractivity contribution < 1.29 is 0 Å². The first kappa shape index (κ1) is 9.46. The molecule has 1 heterocycles. The van der Waals surface area contributed by atoms with Gasteiger partial charge in [-0.3, -0.25) is 5.32 Å². The maximum atomic E-state index is 4.28. The standard InChI is InChI=1S/C11H17N3/c1-14(9-12-8-10-5-6-10)11-4-2-3-7-13-11/h2-4,7,10,12H,5-6,8-9H2,1H3. The first-order valence-electron chi connectivity index (χ1n) is 5.19. The Morgan fingerprint density at radius 3 is 3.00 bits per heavy atom. The van der Waals surface area contributed by atoms with Crippen molar-refractivity contribution in [1.29, 1.82) is 0 Å². The van der Waals surface area contributed by atoms with Crippen LogP contribution < -0.4 is 10.2 Å². The second-order valence-electron chi connectivity index (χ2n) is 3.94. The zero-order chi connectivity index (χ0) is 9.80. The Hall–Kier alpha value is -1.09. The Labute approximate surface area is 85.1 Å². The largest absolute Gasteiger partial charge is 0.347 e. The smallest absolute Gasteiger partial charge is 0.129 e. The molecule has 1 aromatic rings. The molecular weight excluding hydrogens is 174 g/mol. The Kier molecular flexibility index (Phi) is 2.99. The molecule has 0 atom stereocenters. The van der Waals surface area contributed by atoms with Gasteiger partial charge in [-0.1, -0.05) is 6.07 Å². The minimum absolute atomic E-state index is 0.882. The van der Waals surface area contributed by atoms with Crippen molar-refractivity contribution in [2.24, 2.45) is 5.92 Å². The number of rotatable bonds is 5. The lowest BCUT2D eigenvalue weighted by molar-refractivity contribution is 0.630. The number of hydrogen-bond acceptors (Lipinski definition) is 3. The van der Waals surface area contributed by atoms with Crippen LogP contribution >= 0.6 is 0 Å². The van der Waals surface area contributed by atoms with Gasteiger partial charge in [-0.25, -0.2) is 4.98 Å². The van der Waals surface area contributed by atoms with E-state index in [1.54, 1.807) is 0 Å². The van der Waals surface area contributed by atoms with Crippen LogP contribution in [-0.2, 0) is 0 Å². The highest BCUT2D eigenvalue weighted by atomic mass is 15.2. The second-order valence-corrected chi connectivity index (χ2v) is 3.94. The number of hydrogen-bond donors (Lipinski definition) is 1. The molecule has 0 radical (unpaired) electrons. The van der Waals surface area contributed by atoms with Gasteiger partial charge in [0.15, 0.2) is 0 Å². The number of anilines is 1. The molecule has 0 bridgehead atoms. The van der Waals surface area contributed by atoms with Gasteiger partial charge in [0, 0.05) is 13.2 Å². The topological polar surface area (TPSA) is 28.2 Å². The summed E-state index contributed by atoms with van der Waals surface area (Å²) in [4.78, 5) is 6.41. The van der Waals surface area contributed by atoms with Gasteiger partial charge in [0.25, 0.3) is 0 Å². The third-order valence-electron chi connectivity index (χ3n) is 2.52. The van der Waals surface area contributed by atoms with E-state index in [2.05, 4.69) is 22.2 Å². The lowest BCUT2D eigenvalue weighted by Gasteiger charge is -2.18. The predicted octanol–water partition coefficient (Wildman–Crippen LogP) is 1.47. The summed E-state index contributed by atoms with van der Waals surface area (Å²) in [6.07, 6.45) is 4.63. The highest BCUT2D eigenvalue weighted by Gasteiger charge is 2.20. The molecule has 1 saturated carbocycles. The van der Waals surface area contributed by atoms with Crippen molar-refractivity contribution in [2.45, 2.75) is 12.8 Å². The van der Waals surface area contributed by atoms with Gasteiger partial charge >= 0.3 is 0 Å². The molecule has 3 heteroatoms. The molecule has 1 fully saturated rings. The van der Waals surface area contributed by atoms with Crippen molar-refractivity contribution in [3.8, 4) is 0 Å². The highest BCUT2D eigenvalue weighted by Crippen LogP contribution is 2.27. The summed E-state index contributed by atoms with van der Waals surface area (Å²) in [5, 5.41) is 3.43. The highest BCUT2D eigenvalue weighted by molar-refractivity contribution is 5.35. The summed E-state index contributed by atoms with van der Waals surface area (Å²) >= 11 is 0. The Morgan fingerprint density at radius 1 is 1.50 bits per heavy atom. The molecule has 14 heavy (non-hydrogen) atoms. The normalized spacial score (nSPS) is 15.5. The molecule has 0 saturated heterocycles. The van der Waals surface area contributed by atoms with E-state index in [0.29, 0.717) is 0 Å². The van der Waals surface area contributed by atoms with Gasteiger partial charge in [0.2, 0.25) is 0 Å². The first-order chi connectivity index (χ1) is 6.86. The Balaban J connectivity index is 1.74. The third kappa shape index (κ3) is 2.70. The average molecular weight is 191 g/mol. The van der Waals surface area contributed by atoms with Gasteiger partial charge in [-0.05, 0) is 37.4 Å². The molecule has 76 valence electrons. The van der Waals surface area contributed by atoms with Crippen LogP contribution in [0.2, 0.25) is 0 Å². The van der Waals surface area contributed by atoms with Crippen LogP contribution in [0, 0.1) is 5.92 Å². The molecule has 0 unspecified atom stereocenters. The van der Waals surface area contributed by atoms with E-state index >= 15 is 0 Å². The Morgan fingerprint density at radius 2 is 2.36 bits per heavy atom. The fourth-order valence-electron chi connectivity index (χ4n) is 1.42. The molecule has 0 aliphatic heterocycles. The molecule has 2 rings (SSSR count). The zero-order valence-corrected chi connectivity index (χ0v) is 8.61. The fraction of sp³-hybridized carbons (Fsp3) is 0.545. The van der Waals surface area contributed by atoms with Crippen molar-refractivity contribution in [3.05, 3.63) is 24.4 Å². The van der Waals surface area contributed by atoms with E-state index < -0.39 is 0 Å². The van der Waals surface area contributed by atoms with Crippen molar-refractivity contribution in [2.75, 3.05) is 25.2 Å². The summed E-state index contributed by atoms with van der Waals surface area (Å²) < 4.78 is 0. The van der Waals surface area contributed by atoms with Crippen LogP contribution in [0.4, 0.5) is 5.82 Å². The summed E-state index contributed by atoms with van der Waals surface area (Å²) in [6, 6.07) is 5.98. The van der Waals surface area contributed by atoms with Crippen molar-refractivity contribution in [1.82, 2.24) is 10.3 Å². The van der Waals surface area contributed by atoms with Gasteiger partial charge < -0.3 is 4.90 Å². The predicted molar refractivity (Wildman–Crippen MR) is 58.2 cm³/mol. The van der Waals surface area contributed by atoms with E-state index in [0.717, 1.165) is 24.9 Å². The Bertz CT molecular complexity index is 269. The van der Waals surface area contributed by atoms with Crippen LogP contribution in [0.15, 0.2) is 24.4 Å². The molecule has 0 spiro atoms. The minimum atomic E-state index is 0.882. The zero-order valence-electron chi connectivity index (χ0n) is 8.61. The van der Waals surface area contributed by atoms with E-state index in [9.17, 15) is 0 Å². The van der Waals surface area contributed by atoms with Crippen molar-refractivity contribution >= 4 is 5.82 Å². The van der Waals surface area contributed by atoms with E-state index in [-0.39, 0.29) is 0 Å². The molecule has 1 N–H and O–H groups in total. The van der Waals surface area contributed by atoms with Crippen molar-refractivity contribution in [3.63, 3.8) is 0 Å². The van der Waals surface area contributed by atoms with Gasteiger partial charge in [0.1, 0.15) is 5.82 Å². The molecule has 1 aliphatic carbocycles. The summed E-state index contributed by atoms with van der Waals surface area (Å²) in [5.74, 6) is 1.96. The molecular formula is C11H17N3.